The zero-order valence-corrected chi connectivity index (χ0v) is 12.8. The minimum absolute atomic E-state index is 0.111. The predicted molar refractivity (Wildman–Crippen MR) is 87.6 cm³/mol. The van der Waals surface area contributed by atoms with E-state index in [1.54, 1.807) is 18.9 Å². The SMILES string of the molecule is COc1ccc(SCc2cccc(C#CCCO)c2)cc1. The zero-order valence-electron chi connectivity index (χ0n) is 12.0. The molecule has 0 aliphatic heterocycles. The molecule has 0 bridgehead atoms. The molecule has 0 heterocycles. The Morgan fingerprint density at radius 2 is 1.95 bits per heavy atom. The molecule has 2 nitrogen and oxygen atoms in total. The zero-order chi connectivity index (χ0) is 14.9. The van der Waals surface area contributed by atoms with E-state index < -0.39 is 0 Å². The van der Waals surface area contributed by atoms with Crippen molar-refractivity contribution in [3.63, 3.8) is 0 Å². The summed E-state index contributed by atoms with van der Waals surface area (Å²) in [7, 11) is 1.67. The number of methoxy groups -OCH3 is 1. The highest BCUT2D eigenvalue weighted by molar-refractivity contribution is 7.98. The Hall–Kier alpha value is -1.89. The van der Waals surface area contributed by atoms with Gasteiger partial charge >= 0.3 is 0 Å². The van der Waals surface area contributed by atoms with Crippen molar-refractivity contribution in [2.75, 3.05) is 13.7 Å². The van der Waals surface area contributed by atoms with Gasteiger partial charge in [0, 0.05) is 22.6 Å². The van der Waals surface area contributed by atoms with Gasteiger partial charge in [0.1, 0.15) is 5.75 Å². The average Bonchev–Trinajstić information content (AvgIpc) is 2.54. The standard InChI is InChI=1S/C18H18O2S/c1-20-17-8-10-18(11-9-17)21-14-16-7-4-6-15(13-16)5-2-3-12-19/h4,6-11,13,19H,3,12,14H2,1H3. The molecule has 2 aromatic carbocycles. The number of ether oxygens (including phenoxy) is 1. The van der Waals surface area contributed by atoms with E-state index in [1.807, 2.05) is 24.3 Å². The maximum atomic E-state index is 8.73. The third-order valence-corrected chi connectivity index (χ3v) is 3.94. The summed E-state index contributed by atoms with van der Waals surface area (Å²) in [5, 5.41) is 8.73. The van der Waals surface area contributed by atoms with Crippen LogP contribution in [0.25, 0.3) is 0 Å². The van der Waals surface area contributed by atoms with Crippen molar-refractivity contribution < 1.29 is 9.84 Å². The van der Waals surface area contributed by atoms with Gasteiger partial charge in [-0.1, -0.05) is 24.0 Å². The number of hydrogen-bond donors (Lipinski definition) is 1. The normalized spacial score (nSPS) is 9.81. The molecule has 108 valence electrons. The van der Waals surface area contributed by atoms with Crippen LogP contribution in [-0.4, -0.2) is 18.8 Å². The molecule has 0 atom stereocenters. The van der Waals surface area contributed by atoms with E-state index in [0.29, 0.717) is 6.42 Å². The molecule has 0 amide bonds. The first-order chi connectivity index (χ1) is 10.3. The van der Waals surface area contributed by atoms with Gasteiger partial charge in [0.15, 0.2) is 0 Å². The van der Waals surface area contributed by atoms with Crippen LogP contribution >= 0.6 is 11.8 Å². The number of rotatable bonds is 5. The molecule has 0 spiro atoms. The van der Waals surface area contributed by atoms with Crippen molar-refractivity contribution in [3.05, 3.63) is 59.7 Å². The summed E-state index contributed by atoms with van der Waals surface area (Å²) in [5.74, 6) is 7.79. The topological polar surface area (TPSA) is 29.5 Å². The van der Waals surface area contributed by atoms with Crippen LogP contribution < -0.4 is 4.74 Å². The summed E-state index contributed by atoms with van der Waals surface area (Å²) in [6, 6.07) is 16.3. The molecule has 0 aliphatic rings. The summed E-state index contributed by atoms with van der Waals surface area (Å²) in [5.41, 5.74) is 2.24. The highest BCUT2D eigenvalue weighted by Gasteiger charge is 1.98. The Kier molecular flexibility index (Phi) is 6.21. The minimum Gasteiger partial charge on any atom is -0.497 e. The molecular weight excluding hydrogens is 280 g/mol. The molecule has 0 radical (unpaired) electrons. The van der Waals surface area contributed by atoms with E-state index in [1.165, 1.54) is 10.5 Å². The molecule has 0 saturated carbocycles. The van der Waals surface area contributed by atoms with Gasteiger partial charge in [-0.3, -0.25) is 0 Å². The summed E-state index contributed by atoms with van der Waals surface area (Å²) in [4.78, 5) is 1.22. The molecule has 0 aromatic heterocycles. The van der Waals surface area contributed by atoms with Crippen LogP contribution in [0.3, 0.4) is 0 Å². The van der Waals surface area contributed by atoms with Gasteiger partial charge in [-0.2, -0.15) is 0 Å². The first-order valence-corrected chi connectivity index (χ1v) is 7.76. The fourth-order valence-corrected chi connectivity index (χ4v) is 2.64. The third kappa shape index (κ3) is 5.18. The smallest absolute Gasteiger partial charge is 0.118 e. The maximum Gasteiger partial charge on any atom is 0.118 e. The molecule has 0 unspecified atom stereocenters. The second-order valence-corrected chi connectivity index (χ2v) is 5.49. The van der Waals surface area contributed by atoms with E-state index in [-0.39, 0.29) is 6.61 Å². The van der Waals surface area contributed by atoms with Gasteiger partial charge in [-0.15, -0.1) is 11.8 Å². The van der Waals surface area contributed by atoms with Gasteiger partial charge in [-0.05, 0) is 42.0 Å². The van der Waals surface area contributed by atoms with Crippen LogP contribution in [0.1, 0.15) is 17.5 Å². The van der Waals surface area contributed by atoms with Crippen molar-refractivity contribution >= 4 is 11.8 Å². The van der Waals surface area contributed by atoms with E-state index in [4.69, 9.17) is 9.84 Å². The monoisotopic (exact) mass is 298 g/mol. The quantitative estimate of drug-likeness (QED) is 0.674. The molecule has 0 saturated heterocycles. The first kappa shape index (κ1) is 15.5. The minimum atomic E-state index is 0.111. The number of hydrogen-bond acceptors (Lipinski definition) is 3. The number of aliphatic hydroxyl groups excluding tert-OH is 1. The van der Waals surface area contributed by atoms with Gasteiger partial charge < -0.3 is 9.84 Å². The summed E-state index contributed by atoms with van der Waals surface area (Å²) >= 11 is 1.79. The first-order valence-electron chi connectivity index (χ1n) is 6.77. The highest BCUT2D eigenvalue weighted by Crippen LogP contribution is 2.25. The van der Waals surface area contributed by atoms with Crippen molar-refractivity contribution in [1.82, 2.24) is 0 Å². The predicted octanol–water partition coefficient (Wildman–Crippen LogP) is 3.72. The van der Waals surface area contributed by atoms with Crippen LogP contribution in [0.4, 0.5) is 0 Å². The van der Waals surface area contributed by atoms with Gasteiger partial charge in [0.05, 0.1) is 13.7 Å². The van der Waals surface area contributed by atoms with Crippen molar-refractivity contribution in [2.24, 2.45) is 0 Å². The number of benzene rings is 2. The Bertz CT molecular complexity index is 624. The van der Waals surface area contributed by atoms with Gasteiger partial charge in [0.2, 0.25) is 0 Å². The van der Waals surface area contributed by atoms with Gasteiger partial charge in [-0.25, -0.2) is 0 Å². The largest absolute Gasteiger partial charge is 0.497 e. The molecule has 21 heavy (non-hydrogen) atoms. The van der Waals surface area contributed by atoms with E-state index in [0.717, 1.165) is 17.1 Å². The Morgan fingerprint density at radius 3 is 2.67 bits per heavy atom. The van der Waals surface area contributed by atoms with Crippen LogP contribution in [0.2, 0.25) is 0 Å². The molecule has 0 aliphatic carbocycles. The van der Waals surface area contributed by atoms with E-state index in [2.05, 4.69) is 36.1 Å². The maximum absolute atomic E-state index is 8.73. The molecule has 0 fully saturated rings. The Labute approximate surface area is 130 Å². The molecule has 3 heteroatoms. The average molecular weight is 298 g/mol. The van der Waals surface area contributed by atoms with Crippen molar-refractivity contribution in [2.45, 2.75) is 17.1 Å². The Balaban J connectivity index is 1.96. The number of thioether (sulfide) groups is 1. The molecule has 1 N–H and O–H groups in total. The lowest BCUT2D eigenvalue weighted by Gasteiger charge is -2.04. The van der Waals surface area contributed by atoms with Crippen LogP contribution in [0.15, 0.2) is 53.4 Å². The number of aliphatic hydroxyl groups is 1. The van der Waals surface area contributed by atoms with Crippen LogP contribution in [0.5, 0.6) is 5.75 Å². The lowest BCUT2D eigenvalue weighted by Crippen LogP contribution is -1.84. The van der Waals surface area contributed by atoms with Crippen molar-refractivity contribution in [3.8, 4) is 17.6 Å². The Morgan fingerprint density at radius 1 is 1.14 bits per heavy atom. The van der Waals surface area contributed by atoms with Crippen LogP contribution in [-0.2, 0) is 5.75 Å². The summed E-state index contributed by atoms with van der Waals surface area (Å²) in [6.07, 6.45) is 0.519. The van der Waals surface area contributed by atoms with Crippen LogP contribution in [0, 0.1) is 11.8 Å². The van der Waals surface area contributed by atoms with E-state index >= 15 is 0 Å². The molecule has 2 aromatic rings. The lowest BCUT2D eigenvalue weighted by atomic mass is 10.1. The van der Waals surface area contributed by atoms with Crippen molar-refractivity contribution in [1.29, 1.82) is 0 Å². The fourth-order valence-electron chi connectivity index (χ4n) is 1.80. The van der Waals surface area contributed by atoms with Gasteiger partial charge in [0.25, 0.3) is 0 Å². The lowest BCUT2D eigenvalue weighted by molar-refractivity contribution is 0.305. The van der Waals surface area contributed by atoms with E-state index in [9.17, 15) is 0 Å². The molecule has 2 rings (SSSR count). The summed E-state index contributed by atoms with van der Waals surface area (Å²) < 4.78 is 5.15. The second kappa shape index (κ2) is 8.41. The highest BCUT2D eigenvalue weighted by atomic mass is 32.2. The fraction of sp³-hybridized carbons (Fsp3) is 0.222. The second-order valence-electron chi connectivity index (χ2n) is 4.44. The third-order valence-electron chi connectivity index (χ3n) is 2.86. The summed E-state index contributed by atoms with van der Waals surface area (Å²) in [6.45, 7) is 0.111. The molecular formula is C18H18O2S.